The third kappa shape index (κ3) is 3.31. The molecule has 0 saturated carbocycles. The van der Waals surface area contributed by atoms with Gasteiger partial charge in [0.05, 0.1) is 9.47 Å². The lowest BCUT2D eigenvalue weighted by Gasteiger charge is -2.09. The van der Waals surface area contributed by atoms with Crippen LogP contribution in [0, 0.1) is 6.92 Å². The lowest BCUT2D eigenvalue weighted by Crippen LogP contribution is -2.13. The van der Waals surface area contributed by atoms with Crippen LogP contribution in [-0.4, -0.2) is 8.42 Å². The van der Waals surface area contributed by atoms with Crippen LogP contribution < -0.4 is 10.5 Å². The van der Waals surface area contributed by atoms with Gasteiger partial charge in [-0.05, 0) is 63.0 Å². The monoisotopic (exact) mass is 424 g/mol. The number of aryl methyl sites for hydroxylation is 1. The summed E-state index contributed by atoms with van der Waals surface area (Å²) in [5, 5.41) is 0. The quantitative estimate of drug-likeness (QED) is 0.730. The number of nitrogen functional groups attached to an aromatic ring is 1. The van der Waals surface area contributed by atoms with E-state index in [0.717, 1.165) is 8.66 Å². The number of sulfonamides is 1. The highest BCUT2D eigenvalue weighted by Crippen LogP contribution is 2.32. The molecular formula is C11H10Br2N2O2S2. The van der Waals surface area contributed by atoms with Crippen LogP contribution in [0.25, 0.3) is 0 Å². The molecule has 4 nitrogen and oxygen atoms in total. The van der Waals surface area contributed by atoms with Crippen LogP contribution in [0.3, 0.4) is 0 Å². The van der Waals surface area contributed by atoms with Gasteiger partial charge >= 0.3 is 0 Å². The maximum atomic E-state index is 12.3. The van der Waals surface area contributed by atoms with Crippen molar-refractivity contribution in [1.82, 2.24) is 0 Å². The molecule has 1 aromatic carbocycles. The number of nitrogens with one attached hydrogen (secondary N) is 1. The predicted octanol–water partition coefficient (Wildman–Crippen LogP) is 3.96. The summed E-state index contributed by atoms with van der Waals surface area (Å²) in [6.07, 6.45) is 0. The first-order chi connectivity index (χ1) is 8.79. The molecule has 0 atom stereocenters. The minimum atomic E-state index is -3.60. The summed E-state index contributed by atoms with van der Waals surface area (Å²) >= 11 is 7.95. The van der Waals surface area contributed by atoms with E-state index in [4.69, 9.17) is 5.73 Å². The Kier molecular flexibility index (Phi) is 4.24. The fourth-order valence-corrected chi connectivity index (χ4v) is 5.63. The molecule has 0 aliphatic heterocycles. The van der Waals surface area contributed by atoms with Gasteiger partial charge in [-0.25, -0.2) is 8.42 Å². The van der Waals surface area contributed by atoms with Crippen molar-refractivity contribution in [2.45, 2.75) is 11.8 Å². The highest BCUT2D eigenvalue weighted by molar-refractivity contribution is 9.11. The maximum Gasteiger partial charge on any atom is 0.263 e. The molecule has 0 fully saturated rings. The zero-order valence-corrected chi connectivity index (χ0v) is 14.6. The van der Waals surface area contributed by atoms with Crippen LogP contribution in [-0.2, 0) is 10.0 Å². The lowest BCUT2D eigenvalue weighted by molar-refractivity contribution is 0.601. The van der Waals surface area contributed by atoms with E-state index in [2.05, 4.69) is 36.6 Å². The van der Waals surface area contributed by atoms with Crippen LogP contribution in [0.4, 0.5) is 11.4 Å². The molecule has 2 rings (SSSR count). The van der Waals surface area contributed by atoms with Gasteiger partial charge in [-0.15, -0.1) is 11.3 Å². The highest BCUT2D eigenvalue weighted by atomic mass is 79.9. The molecule has 0 saturated heterocycles. The van der Waals surface area contributed by atoms with Gasteiger partial charge in [-0.2, -0.15) is 0 Å². The Morgan fingerprint density at radius 1 is 1.26 bits per heavy atom. The number of halogens is 2. The van der Waals surface area contributed by atoms with Gasteiger partial charge in [0.25, 0.3) is 10.0 Å². The molecule has 1 heterocycles. The van der Waals surface area contributed by atoms with Gasteiger partial charge < -0.3 is 5.73 Å². The van der Waals surface area contributed by atoms with Gasteiger partial charge in [-0.3, -0.25) is 4.72 Å². The number of thiophene rings is 1. The molecule has 1 aromatic heterocycles. The second kappa shape index (κ2) is 5.43. The highest BCUT2D eigenvalue weighted by Gasteiger charge is 2.20. The summed E-state index contributed by atoms with van der Waals surface area (Å²) in [7, 11) is -3.60. The molecule has 0 spiro atoms. The molecule has 0 aliphatic rings. The molecule has 102 valence electrons. The van der Waals surface area contributed by atoms with E-state index in [0.29, 0.717) is 15.8 Å². The van der Waals surface area contributed by atoms with Crippen molar-refractivity contribution in [2.75, 3.05) is 10.5 Å². The standard InChI is InChI=1S/C11H10Br2N2O2S2/c1-6-10(5-11(13)18-6)19(16,17)15-9-3-2-7(14)4-8(9)12/h2-5,15H,14H2,1H3. The number of rotatable bonds is 3. The Labute approximate surface area is 132 Å². The van der Waals surface area contributed by atoms with Crippen LogP contribution >= 0.6 is 43.2 Å². The van der Waals surface area contributed by atoms with Crippen molar-refractivity contribution in [3.8, 4) is 0 Å². The zero-order valence-electron chi connectivity index (χ0n) is 9.78. The molecule has 0 amide bonds. The summed E-state index contributed by atoms with van der Waals surface area (Å²) in [5.74, 6) is 0. The molecule has 0 unspecified atom stereocenters. The summed E-state index contributed by atoms with van der Waals surface area (Å²) in [6.45, 7) is 1.77. The minimum Gasteiger partial charge on any atom is -0.399 e. The van der Waals surface area contributed by atoms with E-state index < -0.39 is 10.0 Å². The Hall–Kier alpha value is -0.570. The van der Waals surface area contributed by atoms with E-state index in [1.165, 1.54) is 11.3 Å². The summed E-state index contributed by atoms with van der Waals surface area (Å²) < 4.78 is 28.5. The number of nitrogens with two attached hydrogens (primary N) is 1. The second-order valence-corrected chi connectivity index (χ2v) is 8.96. The van der Waals surface area contributed by atoms with Gasteiger partial charge in [0.1, 0.15) is 4.90 Å². The van der Waals surface area contributed by atoms with Crippen molar-refractivity contribution < 1.29 is 8.42 Å². The van der Waals surface area contributed by atoms with Crippen molar-refractivity contribution in [1.29, 1.82) is 0 Å². The molecule has 2 aromatic rings. The third-order valence-electron chi connectivity index (χ3n) is 2.37. The van der Waals surface area contributed by atoms with Gasteiger partial charge in [-0.1, -0.05) is 0 Å². The Morgan fingerprint density at radius 3 is 2.47 bits per heavy atom. The lowest BCUT2D eigenvalue weighted by atomic mass is 10.3. The first-order valence-corrected chi connectivity index (χ1v) is 9.02. The van der Waals surface area contributed by atoms with Crippen LogP contribution in [0.15, 0.2) is 37.4 Å². The molecule has 8 heteroatoms. The third-order valence-corrected chi connectivity index (χ3v) is 6.20. The van der Waals surface area contributed by atoms with Crippen molar-refractivity contribution in [3.63, 3.8) is 0 Å². The molecule has 0 aliphatic carbocycles. The molecule has 0 bridgehead atoms. The fraction of sp³-hybridized carbons (Fsp3) is 0.0909. The van der Waals surface area contributed by atoms with Crippen molar-refractivity contribution in [2.24, 2.45) is 0 Å². The van der Waals surface area contributed by atoms with Crippen LogP contribution in [0.2, 0.25) is 0 Å². The molecule has 0 radical (unpaired) electrons. The van der Waals surface area contributed by atoms with E-state index in [1.54, 1.807) is 31.2 Å². The normalized spacial score (nSPS) is 11.5. The fourth-order valence-electron chi connectivity index (χ4n) is 1.51. The SMILES string of the molecule is Cc1sc(Br)cc1S(=O)(=O)Nc1ccc(N)cc1Br. The van der Waals surface area contributed by atoms with Crippen molar-refractivity contribution in [3.05, 3.63) is 37.4 Å². The second-order valence-electron chi connectivity index (χ2n) is 3.82. The summed E-state index contributed by atoms with van der Waals surface area (Å²) in [5.41, 5.74) is 6.63. The first kappa shape index (κ1) is 14.8. The molecule has 19 heavy (non-hydrogen) atoms. The van der Waals surface area contributed by atoms with Gasteiger partial charge in [0.15, 0.2) is 0 Å². The largest absolute Gasteiger partial charge is 0.399 e. The van der Waals surface area contributed by atoms with Crippen LogP contribution in [0.1, 0.15) is 4.88 Å². The Bertz CT molecular complexity index is 726. The summed E-state index contributed by atoms with van der Waals surface area (Å²) in [4.78, 5) is 0.999. The Morgan fingerprint density at radius 2 is 1.95 bits per heavy atom. The first-order valence-electron chi connectivity index (χ1n) is 5.13. The number of anilines is 2. The van der Waals surface area contributed by atoms with E-state index in [9.17, 15) is 8.42 Å². The zero-order chi connectivity index (χ0) is 14.2. The summed E-state index contributed by atoms with van der Waals surface area (Å²) in [6, 6.07) is 6.49. The smallest absolute Gasteiger partial charge is 0.263 e. The van der Waals surface area contributed by atoms with E-state index >= 15 is 0 Å². The van der Waals surface area contributed by atoms with Crippen LogP contribution in [0.5, 0.6) is 0 Å². The molecular weight excluding hydrogens is 416 g/mol. The van der Waals surface area contributed by atoms with Crippen molar-refractivity contribution >= 4 is 64.6 Å². The van der Waals surface area contributed by atoms with E-state index in [1.807, 2.05) is 0 Å². The minimum absolute atomic E-state index is 0.271. The average molecular weight is 426 g/mol. The number of hydrogen-bond acceptors (Lipinski definition) is 4. The van der Waals surface area contributed by atoms with Gasteiger partial charge in [0.2, 0.25) is 0 Å². The van der Waals surface area contributed by atoms with Gasteiger partial charge in [0, 0.05) is 15.0 Å². The predicted molar refractivity (Wildman–Crippen MR) is 86.1 cm³/mol. The average Bonchev–Trinajstić information content (AvgIpc) is 2.63. The molecule has 3 N–H and O–H groups in total. The number of benzene rings is 1. The number of hydrogen-bond donors (Lipinski definition) is 2. The topological polar surface area (TPSA) is 72.2 Å². The Balaban J connectivity index is 2.39. The van der Waals surface area contributed by atoms with E-state index in [-0.39, 0.29) is 4.90 Å². The maximum absolute atomic E-state index is 12.3.